The van der Waals surface area contributed by atoms with Crippen LogP contribution < -0.4 is 5.32 Å². The summed E-state index contributed by atoms with van der Waals surface area (Å²) < 4.78 is 2.22. The van der Waals surface area contributed by atoms with Crippen LogP contribution in [0.1, 0.15) is 25.0 Å². The maximum atomic E-state index is 11.7. The summed E-state index contributed by atoms with van der Waals surface area (Å²) >= 11 is 0. The van der Waals surface area contributed by atoms with Crippen molar-refractivity contribution in [2.75, 3.05) is 5.32 Å². The molecule has 0 atom stereocenters. The molecular weight excluding hydrogens is 264 g/mol. The third-order valence-corrected chi connectivity index (χ3v) is 3.68. The lowest BCUT2D eigenvalue weighted by Gasteiger charge is -2.18. The van der Waals surface area contributed by atoms with Gasteiger partial charge in [-0.25, -0.2) is 4.98 Å². The number of carbonyl (C=O) groups is 1. The second kappa shape index (κ2) is 5.80. The maximum Gasteiger partial charge on any atom is 0.238 e. The van der Waals surface area contributed by atoms with Crippen LogP contribution in [0.15, 0.2) is 30.5 Å². The van der Waals surface area contributed by atoms with Gasteiger partial charge < -0.3 is 9.88 Å². The number of nitrogens with one attached hydrogen (secondary N) is 1. The van der Waals surface area contributed by atoms with Crippen LogP contribution in [0.2, 0.25) is 0 Å². The molecule has 0 fully saturated rings. The molecule has 3 rings (SSSR count). The number of para-hydroxylation sites is 1. The minimum atomic E-state index is -0.296. The lowest BCUT2D eigenvalue weighted by atomic mass is 10.1. The standard InChI is InChI=1S/C16H16N4O/c17-9-8-15(21)19-14-7-2-1-6-13(14)16-18-11-12-5-3-4-10-20(12)16/h1-2,6-7,11H,3-5,8,10H2,(H,19,21). The second-order valence-corrected chi connectivity index (χ2v) is 5.11. The van der Waals surface area contributed by atoms with Gasteiger partial charge in [0.25, 0.3) is 0 Å². The summed E-state index contributed by atoms with van der Waals surface area (Å²) in [6.07, 6.45) is 5.18. The van der Waals surface area contributed by atoms with Gasteiger partial charge in [-0.1, -0.05) is 12.1 Å². The minimum Gasteiger partial charge on any atom is -0.328 e. The summed E-state index contributed by atoms with van der Waals surface area (Å²) in [5, 5.41) is 11.4. The first-order chi connectivity index (χ1) is 10.3. The van der Waals surface area contributed by atoms with Crippen molar-refractivity contribution in [1.82, 2.24) is 9.55 Å². The molecule has 5 nitrogen and oxygen atoms in total. The molecule has 0 saturated carbocycles. The Morgan fingerprint density at radius 2 is 2.24 bits per heavy atom. The molecule has 0 aliphatic carbocycles. The lowest BCUT2D eigenvalue weighted by Crippen LogP contribution is -2.13. The largest absolute Gasteiger partial charge is 0.328 e. The number of benzene rings is 1. The number of aryl methyl sites for hydroxylation is 1. The molecule has 1 aliphatic heterocycles. The van der Waals surface area contributed by atoms with E-state index in [9.17, 15) is 4.79 Å². The number of nitrogens with zero attached hydrogens (tertiary/aromatic N) is 3. The van der Waals surface area contributed by atoms with Crippen LogP contribution in [0.25, 0.3) is 11.4 Å². The van der Waals surface area contributed by atoms with Crippen molar-refractivity contribution in [2.45, 2.75) is 32.2 Å². The zero-order chi connectivity index (χ0) is 14.7. The van der Waals surface area contributed by atoms with E-state index in [-0.39, 0.29) is 12.3 Å². The highest BCUT2D eigenvalue weighted by atomic mass is 16.1. The van der Waals surface area contributed by atoms with Crippen molar-refractivity contribution in [1.29, 1.82) is 5.26 Å². The minimum absolute atomic E-state index is 0.145. The quantitative estimate of drug-likeness (QED) is 0.939. The lowest BCUT2D eigenvalue weighted by molar-refractivity contribution is -0.115. The highest BCUT2D eigenvalue weighted by Gasteiger charge is 2.17. The van der Waals surface area contributed by atoms with Crippen molar-refractivity contribution in [2.24, 2.45) is 0 Å². The number of fused-ring (bicyclic) bond motifs is 1. The summed E-state index contributed by atoms with van der Waals surface area (Å²) in [7, 11) is 0. The van der Waals surface area contributed by atoms with E-state index in [4.69, 9.17) is 5.26 Å². The van der Waals surface area contributed by atoms with E-state index in [0.29, 0.717) is 5.69 Å². The Morgan fingerprint density at radius 3 is 3.10 bits per heavy atom. The van der Waals surface area contributed by atoms with Crippen molar-refractivity contribution in [3.05, 3.63) is 36.2 Å². The first-order valence-electron chi connectivity index (χ1n) is 7.10. The molecule has 1 N–H and O–H groups in total. The molecule has 0 saturated heterocycles. The molecule has 0 radical (unpaired) electrons. The molecule has 0 bridgehead atoms. The van der Waals surface area contributed by atoms with E-state index >= 15 is 0 Å². The molecule has 21 heavy (non-hydrogen) atoms. The van der Waals surface area contributed by atoms with Crippen molar-refractivity contribution < 1.29 is 4.79 Å². The number of carbonyl (C=O) groups excluding carboxylic acids is 1. The third kappa shape index (κ3) is 2.65. The van der Waals surface area contributed by atoms with Gasteiger partial charge in [-0.15, -0.1) is 0 Å². The number of amides is 1. The van der Waals surface area contributed by atoms with Gasteiger partial charge in [-0.3, -0.25) is 4.79 Å². The molecule has 1 amide bonds. The third-order valence-electron chi connectivity index (χ3n) is 3.68. The summed E-state index contributed by atoms with van der Waals surface area (Å²) in [6, 6.07) is 9.45. The number of rotatable bonds is 3. The Kier molecular flexibility index (Phi) is 3.69. The van der Waals surface area contributed by atoms with Crippen LogP contribution in [0, 0.1) is 11.3 Å². The van der Waals surface area contributed by atoms with Gasteiger partial charge in [-0.05, 0) is 31.4 Å². The normalized spacial score (nSPS) is 13.3. The highest BCUT2D eigenvalue weighted by Crippen LogP contribution is 2.30. The van der Waals surface area contributed by atoms with E-state index < -0.39 is 0 Å². The fourth-order valence-electron chi connectivity index (χ4n) is 2.70. The Morgan fingerprint density at radius 1 is 1.38 bits per heavy atom. The molecule has 0 spiro atoms. The van der Waals surface area contributed by atoms with Gasteiger partial charge in [0, 0.05) is 24.0 Å². The van der Waals surface area contributed by atoms with E-state index in [1.54, 1.807) is 0 Å². The van der Waals surface area contributed by atoms with Crippen LogP contribution in [0.3, 0.4) is 0 Å². The Balaban J connectivity index is 1.97. The van der Waals surface area contributed by atoms with Gasteiger partial charge in [0.05, 0.1) is 11.8 Å². The summed E-state index contributed by atoms with van der Waals surface area (Å²) in [6.45, 7) is 0.963. The molecular formula is C16H16N4O. The van der Waals surface area contributed by atoms with Crippen LogP contribution in [-0.2, 0) is 17.8 Å². The van der Waals surface area contributed by atoms with E-state index in [2.05, 4.69) is 14.9 Å². The summed E-state index contributed by atoms with van der Waals surface area (Å²) in [5.74, 6) is 0.591. The van der Waals surface area contributed by atoms with Gasteiger partial charge >= 0.3 is 0 Å². The molecule has 2 aromatic rings. The predicted molar refractivity (Wildman–Crippen MR) is 79.5 cm³/mol. The zero-order valence-corrected chi connectivity index (χ0v) is 11.7. The van der Waals surface area contributed by atoms with Crippen molar-refractivity contribution in [3.63, 3.8) is 0 Å². The van der Waals surface area contributed by atoms with Gasteiger partial charge in [0.15, 0.2) is 0 Å². The average Bonchev–Trinajstić information content (AvgIpc) is 2.92. The Bertz CT molecular complexity index is 711. The smallest absolute Gasteiger partial charge is 0.238 e. The first-order valence-corrected chi connectivity index (χ1v) is 7.10. The second-order valence-electron chi connectivity index (χ2n) is 5.11. The molecule has 1 aliphatic rings. The van der Waals surface area contributed by atoms with Crippen LogP contribution in [0.4, 0.5) is 5.69 Å². The van der Waals surface area contributed by atoms with Gasteiger partial charge in [-0.2, -0.15) is 5.26 Å². The molecule has 2 heterocycles. The van der Waals surface area contributed by atoms with E-state index in [1.807, 2.05) is 36.5 Å². The zero-order valence-electron chi connectivity index (χ0n) is 11.7. The van der Waals surface area contributed by atoms with Gasteiger partial charge in [0.2, 0.25) is 5.91 Å². The average molecular weight is 280 g/mol. The Labute approximate surface area is 123 Å². The molecule has 1 aromatic carbocycles. The summed E-state index contributed by atoms with van der Waals surface area (Å²) in [5.41, 5.74) is 2.85. The maximum absolute atomic E-state index is 11.7. The van der Waals surface area contributed by atoms with E-state index in [1.165, 1.54) is 12.1 Å². The van der Waals surface area contributed by atoms with Crippen LogP contribution in [0.5, 0.6) is 0 Å². The fourth-order valence-corrected chi connectivity index (χ4v) is 2.70. The number of anilines is 1. The molecule has 1 aromatic heterocycles. The number of imidazole rings is 1. The molecule has 5 heteroatoms. The topological polar surface area (TPSA) is 70.7 Å². The van der Waals surface area contributed by atoms with Crippen LogP contribution in [-0.4, -0.2) is 15.5 Å². The highest BCUT2D eigenvalue weighted by molar-refractivity contribution is 5.95. The SMILES string of the molecule is N#CCC(=O)Nc1ccccc1-c1ncc2n1CCCC2. The summed E-state index contributed by atoms with van der Waals surface area (Å²) in [4.78, 5) is 16.2. The monoisotopic (exact) mass is 280 g/mol. The number of nitriles is 1. The Hall–Kier alpha value is -2.61. The van der Waals surface area contributed by atoms with Crippen molar-refractivity contribution >= 4 is 11.6 Å². The first kappa shape index (κ1) is 13.4. The molecule has 106 valence electrons. The fraction of sp³-hybridized carbons (Fsp3) is 0.312. The van der Waals surface area contributed by atoms with Crippen molar-refractivity contribution in [3.8, 4) is 17.5 Å². The van der Waals surface area contributed by atoms with Crippen LogP contribution >= 0.6 is 0 Å². The number of hydrogen-bond donors (Lipinski definition) is 1. The number of aromatic nitrogens is 2. The molecule has 0 unspecified atom stereocenters. The number of hydrogen-bond acceptors (Lipinski definition) is 3. The predicted octanol–water partition coefficient (Wildman–Crippen LogP) is 2.74. The van der Waals surface area contributed by atoms with Gasteiger partial charge in [0.1, 0.15) is 12.2 Å². The van der Waals surface area contributed by atoms with E-state index in [0.717, 1.165) is 30.8 Å².